The summed E-state index contributed by atoms with van der Waals surface area (Å²) in [4.78, 5) is 0.0838. The summed E-state index contributed by atoms with van der Waals surface area (Å²) >= 11 is 0. The topological polar surface area (TPSA) is 63.6 Å². The molecule has 2 aromatic carbocycles. The average Bonchev–Trinajstić information content (AvgIpc) is 2.84. The first kappa shape index (κ1) is 24.6. The van der Waals surface area contributed by atoms with Gasteiger partial charge in [0.15, 0.2) is 21.5 Å². The van der Waals surface area contributed by atoms with Crippen LogP contribution < -0.4 is 4.74 Å². The fourth-order valence-electron chi connectivity index (χ4n) is 4.92. The standard InChI is InChI=1S/C25H32F2O4S/c1-4-6-12-25(13-7-5-2)16-32(29,30)22-15-18(31-3)9-10-19(22)23(24(25)28)17-8-11-20(26)21(27)14-17/h8-11,14-15,23-24,28H,4-7,12-13,16H2,1-3H3/t23-,24?/m1/s1. The van der Waals surface area contributed by atoms with Gasteiger partial charge in [-0.3, -0.25) is 0 Å². The highest BCUT2D eigenvalue weighted by Gasteiger charge is 2.49. The number of benzene rings is 2. The number of halogens is 2. The summed E-state index contributed by atoms with van der Waals surface area (Å²) in [5, 5.41) is 11.8. The molecule has 0 saturated carbocycles. The lowest BCUT2D eigenvalue weighted by Gasteiger charge is -2.40. The zero-order chi connectivity index (χ0) is 23.5. The van der Waals surface area contributed by atoms with Gasteiger partial charge in [0.1, 0.15) is 5.75 Å². The van der Waals surface area contributed by atoms with E-state index in [1.54, 1.807) is 12.1 Å². The summed E-state index contributed by atoms with van der Waals surface area (Å²) in [6.45, 7) is 4.05. The molecule has 2 atom stereocenters. The minimum atomic E-state index is -3.78. The summed E-state index contributed by atoms with van der Waals surface area (Å²) < 4.78 is 60.5. The number of ether oxygens (including phenoxy) is 1. The van der Waals surface area contributed by atoms with Gasteiger partial charge >= 0.3 is 0 Å². The molecule has 0 fully saturated rings. The maximum atomic E-state index is 14.2. The maximum Gasteiger partial charge on any atom is 0.179 e. The highest BCUT2D eigenvalue weighted by Crippen LogP contribution is 2.50. The predicted molar refractivity (Wildman–Crippen MR) is 121 cm³/mol. The molecule has 0 saturated heterocycles. The van der Waals surface area contributed by atoms with Gasteiger partial charge in [0.05, 0.1) is 23.9 Å². The molecule has 7 heteroatoms. The van der Waals surface area contributed by atoms with E-state index in [9.17, 15) is 22.3 Å². The molecule has 0 amide bonds. The van der Waals surface area contributed by atoms with Crippen LogP contribution in [0.25, 0.3) is 0 Å². The molecule has 32 heavy (non-hydrogen) atoms. The van der Waals surface area contributed by atoms with Crippen LogP contribution in [0.4, 0.5) is 8.78 Å². The van der Waals surface area contributed by atoms with Gasteiger partial charge in [-0.15, -0.1) is 0 Å². The molecule has 0 spiro atoms. The van der Waals surface area contributed by atoms with E-state index in [2.05, 4.69) is 0 Å². The van der Waals surface area contributed by atoms with Crippen molar-refractivity contribution >= 4 is 9.84 Å². The molecule has 0 aliphatic carbocycles. The molecule has 0 aromatic heterocycles. The number of hydrogen-bond donors (Lipinski definition) is 1. The second-order valence-corrected chi connectivity index (χ2v) is 10.8. The number of unbranched alkanes of at least 4 members (excludes halogenated alkanes) is 2. The molecular weight excluding hydrogens is 434 g/mol. The molecule has 3 rings (SSSR count). The number of methoxy groups -OCH3 is 1. The summed E-state index contributed by atoms with van der Waals surface area (Å²) in [6, 6.07) is 8.26. The molecule has 0 radical (unpaired) electrons. The van der Waals surface area contributed by atoms with Gasteiger partial charge in [0.25, 0.3) is 0 Å². The lowest BCUT2D eigenvalue weighted by molar-refractivity contribution is 0.0126. The zero-order valence-electron chi connectivity index (χ0n) is 18.9. The molecule has 1 unspecified atom stereocenters. The SMILES string of the molecule is CCCCC1(CCCC)CS(=O)(=O)c2cc(OC)ccc2[C@@H](c2ccc(F)c(F)c2)C1O. The van der Waals surface area contributed by atoms with Crippen LogP contribution in [-0.4, -0.2) is 32.5 Å². The largest absolute Gasteiger partial charge is 0.497 e. The summed E-state index contributed by atoms with van der Waals surface area (Å²) in [6.07, 6.45) is 3.25. The van der Waals surface area contributed by atoms with Crippen LogP contribution in [0, 0.1) is 17.0 Å². The van der Waals surface area contributed by atoms with Gasteiger partial charge in [-0.25, -0.2) is 17.2 Å². The Morgan fingerprint density at radius 2 is 1.69 bits per heavy atom. The van der Waals surface area contributed by atoms with Gasteiger partial charge in [-0.2, -0.15) is 0 Å². The fraction of sp³-hybridized carbons (Fsp3) is 0.520. The number of fused-ring (bicyclic) bond motifs is 1. The molecule has 1 N–H and O–H groups in total. The Morgan fingerprint density at radius 3 is 2.25 bits per heavy atom. The minimum absolute atomic E-state index is 0.0838. The van der Waals surface area contributed by atoms with E-state index >= 15 is 0 Å². The first-order chi connectivity index (χ1) is 15.2. The first-order valence-electron chi connectivity index (χ1n) is 11.2. The second kappa shape index (κ2) is 9.87. The van der Waals surface area contributed by atoms with Crippen molar-refractivity contribution in [3.63, 3.8) is 0 Å². The average molecular weight is 467 g/mol. The Hall–Kier alpha value is -1.99. The number of rotatable bonds is 8. The predicted octanol–water partition coefficient (Wildman–Crippen LogP) is 5.62. The molecule has 1 aliphatic rings. The summed E-state index contributed by atoms with van der Waals surface area (Å²) in [5.74, 6) is -2.62. The van der Waals surface area contributed by atoms with E-state index in [0.717, 1.165) is 37.8 Å². The van der Waals surface area contributed by atoms with E-state index < -0.39 is 38.9 Å². The quantitative estimate of drug-likeness (QED) is 0.548. The van der Waals surface area contributed by atoms with Crippen molar-refractivity contribution in [2.75, 3.05) is 12.9 Å². The van der Waals surface area contributed by atoms with Crippen LogP contribution >= 0.6 is 0 Å². The zero-order valence-corrected chi connectivity index (χ0v) is 19.7. The molecular formula is C25H32F2O4S. The number of hydrogen-bond acceptors (Lipinski definition) is 4. The van der Waals surface area contributed by atoms with Crippen molar-refractivity contribution in [1.82, 2.24) is 0 Å². The summed E-state index contributed by atoms with van der Waals surface area (Å²) in [7, 11) is -2.32. The van der Waals surface area contributed by atoms with Crippen molar-refractivity contribution in [3.8, 4) is 5.75 Å². The highest BCUT2D eigenvalue weighted by molar-refractivity contribution is 7.91. The van der Waals surface area contributed by atoms with E-state index in [0.29, 0.717) is 29.7 Å². The molecule has 4 nitrogen and oxygen atoms in total. The van der Waals surface area contributed by atoms with Gasteiger partial charge in [0, 0.05) is 11.3 Å². The highest BCUT2D eigenvalue weighted by atomic mass is 32.2. The van der Waals surface area contributed by atoms with Crippen LogP contribution in [0.1, 0.15) is 69.4 Å². The van der Waals surface area contributed by atoms with Crippen LogP contribution in [0.3, 0.4) is 0 Å². The van der Waals surface area contributed by atoms with Gasteiger partial charge in [0.2, 0.25) is 0 Å². The van der Waals surface area contributed by atoms with E-state index in [-0.39, 0.29) is 10.6 Å². The van der Waals surface area contributed by atoms with Crippen molar-refractivity contribution in [1.29, 1.82) is 0 Å². The van der Waals surface area contributed by atoms with Crippen LogP contribution in [0.5, 0.6) is 5.75 Å². The minimum Gasteiger partial charge on any atom is -0.497 e. The Balaban J connectivity index is 2.30. The summed E-state index contributed by atoms with van der Waals surface area (Å²) in [5.41, 5.74) is -0.149. The van der Waals surface area contributed by atoms with Crippen LogP contribution in [-0.2, 0) is 9.84 Å². The smallest absolute Gasteiger partial charge is 0.179 e. The van der Waals surface area contributed by atoms with Gasteiger partial charge in [-0.1, -0.05) is 51.7 Å². The van der Waals surface area contributed by atoms with Gasteiger partial charge in [-0.05, 0) is 48.2 Å². The third-order valence-corrected chi connectivity index (χ3v) is 8.65. The first-order valence-corrected chi connectivity index (χ1v) is 12.9. The van der Waals surface area contributed by atoms with Crippen molar-refractivity contribution < 1.29 is 27.0 Å². The third-order valence-electron chi connectivity index (χ3n) is 6.67. The number of aliphatic hydroxyl groups excluding tert-OH is 1. The lowest BCUT2D eigenvalue weighted by atomic mass is 9.68. The fourth-order valence-corrected chi connectivity index (χ4v) is 7.15. The molecule has 1 heterocycles. The monoisotopic (exact) mass is 466 g/mol. The Labute approximate surface area is 189 Å². The maximum absolute atomic E-state index is 14.2. The lowest BCUT2D eigenvalue weighted by Crippen LogP contribution is -2.43. The number of sulfone groups is 1. The van der Waals surface area contributed by atoms with Crippen LogP contribution in [0.15, 0.2) is 41.3 Å². The number of aliphatic hydroxyl groups is 1. The molecule has 0 bridgehead atoms. The van der Waals surface area contributed by atoms with Crippen molar-refractivity contribution in [2.24, 2.45) is 5.41 Å². The second-order valence-electron chi connectivity index (χ2n) is 8.83. The Morgan fingerprint density at radius 1 is 1.03 bits per heavy atom. The Kier molecular flexibility index (Phi) is 7.61. The van der Waals surface area contributed by atoms with Gasteiger partial charge < -0.3 is 9.84 Å². The van der Waals surface area contributed by atoms with E-state index in [1.807, 2.05) is 13.8 Å². The van der Waals surface area contributed by atoms with Crippen LogP contribution in [0.2, 0.25) is 0 Å². The molecule has 2 aromatic rings. The van der Waals surface area contributed by atoms with E-state index in [4.69, 9.17) is 4.74 Å². The van der Waals surface area contributed by atoms with Crippen molar-refractivity contribution in [3.05, 3.63) is 59.2 Å². The van der Waals surface area contributed by atoms with Crippen molar-refractivity contribution in [2.45, 2.75) is 69.3 Å². The third kappa shape index (κ3) is 4.69. The normalized spacial score (nSPS) is 21.6. The van der Waals surface area contributed by atoms with E-state index in [1.165, 1.54) is 19.2 Å². The molecule has 176 valence electrons. The molecule has 1 aliphatic heterocycles. The Bertz CT molecular complexity index is 1040.